The molecule has 1 aliphatic heterocycles. The summed E-state index contributed by atoms with van der Waals surface area (Å²) >= 11 is 0. The van der Waals surface area contributed by atoms with Gasteiger partial charge in [-0.25, -0.2) is 4.39 Å². The number of hydrogen-bond acceptors (Lipinski definition) is 3. The van der Waals surface area contributed by atoms with E-state index in [1.54, 1.807) is 12.1 Å². The lowest BCUT2D eigenvalue weighted by Crippen LogP contribution is -2.47. The Morgan fingerprint density at radius 1 is 0.966 bits per heavy atom. The molecular weight excluding hydrogens is 386 g/mol. The molecule has 1 aliphatic rings. The van der Waals surface area contributed by atoms with Crippen LogP contribution >= 0.6 is 0 Å². The van der Waals surface area contributed by atoms with Crippen LogP contribution in [0.5, 0.6) is 0 Å². The van der Waals surface area contributed by atoms with Crippen LogP contribution in [0.1, 0.15) is 22.3 Å². The van der Waals surface area contributed by atoms with Gasteiger partial charge in [-0.1, -0.05) is 12.1 Å². The maximum absolute atomic E-state index is 13.0. The second-order valence-electron chi connectivity index (χ2n) is 6.96. The number of alkyl halides is 3. The molecule has 0 atom stereocenters. The number of rotatable bonds is 6. The molecule has 2 aromatic rings. The number of halogens is 4. The van der Waals surface area contributed by atoms with Crippen LogP contribution in [-0.2, 0) is 6.18 Å². The first kappa shape index (κ1) is 21.1. The van der Waals surface area contributed by atoms with E-state index in [1.165, 1.54) is 30.3 Å². The number of carbonyl (C=O) groups is 1. The first-order valence-electron chi connectivity index (χ1n) is 9.52. The lowest BCUT2D eigenvalue weighted by molar-refractivity contribution is -0.137. The van der Waals surface area contributed by atoms with Crippen LogP contribution in [0.25, 0.3) is 0 Å². The van der Waals surface area contributed by atoms with Crippen LogP contribution in [0, 0.1) is 5.82 Å². The van der Waals surface area contributed by atoms with Crippen LogP contribution in [0.2, 0.25) is 0 Å². The van der Waals surface area contributed by atoms with Gasteiger partial charge in [0.05, 0.1) is 11.1 Å². The number of anilines is 1. The van der Waals surface area contributed by atoms with E-state index in [-0.39, 0.29) is 11.4 Å². The van der Waals surface area contributed by atoms with E-state index in [9.17, 15) is 22.4 Å². The maximum Gasteiger partial charge on any atom is 0.417 e. The summed E-state index contributed by atoms with van der Waals surface area (Å²) < 4.78 is 52.0. The number of carbonyl (C=O) groups excluding carboxylic acids is 1. The fourth-order valence-electron chi connectivity index (χ4n) is 3.41. The van der Waals surface area contributed by atoms with Crippen molar-refractivity contribution in [3.63, 3.8) is 0 Å². The molecule has 0 spiro atoms. The number of benzene rings is 2. The third-order valence-corrected chi connectivity index (χ3v) is 4.98. The SMILES string of the molecule is O=C(NCCCN1CCN(c2ccc(F)cc2)CC1)c1ccccc1C(F)(F)F. The highest BCUT2D eigenvalue weighted by Crippen LogP contribution is 2.31. The zero-order valence-electron chi connectivity index (χ0n) is 15.9. The molecule has 0 aliphatic carbocycles. The molecule has 0 unspecified atom stereocenters. The highest BCUT2D eigenvalue weighted by atomic mass is 19.4. The smallest absolute Gasteiger partial charge is 0.369 e. The van der Waals surface area contributed by atoms with Crippen molar-refractivity contribution in [2.75, 3.05) is 44.2 Å². The zero-order chi connectivity index (χ0) is 20.9. The zero-order valence-corrected chi connectivity index (χ0v) is 15.9. The van der Waals surface area contributed by atoms with Crippen molar-refractivity contribution in [3.8, 4) is 0 Å². The van der Waals surface area contributed by atoms with Crippen LogP contribution in [0.3, 0.4) is 0 Å². The van der Waals surface area contributed by atoms with E-state index >= 15 is 0 Å². The minimum absolute atomic E-state index is 0.257. The molecule has 2 aromatic carbocycles. The summed E-state index contributed by atoms with van der Waals surface area (Å²) in [6, 6.07) is 11.2. The van der Waals surface area contributed by atoms with Gasteiger partial charge in [-0.2, -0.15) is 13.2 Å². The van der Waals surface area contributed by atoms with Gasteiger partial charge < -0.3 is 10.2 Å². The third kappa shape index (κ3) is 5.69. The summed E-state index contributed by atoms with van der Waals surface area (Å²) in [4.78, 5) is 16.6. The van der Waals surface area contributed by atoms with Gasteiger partial charge in [-0.15, -0.1) is 0 Å². The third-order valence-electron chi connectivity index (χ3n) is 4.98. The molecule has 156 valence electrons. The molecule has 1 amide bonds. The van der Waals surface area contributed by atoms with E-state index < -0.39 is 17.6 Å². The Balaban J connectivity index is 1.41. The molecule has 0 saturated carbocycles. The minimum Gasteiger partial charge on any atom is -0.369 e. The number of amides is 1. The predicted octanol–water partition coefficient (Wildman–Crippen LogP) is 3.79. The van der Waals surface area contributed by atoms with Crippen molar-refractivity contribution in [3.05, 3.63) is 65.5 Å². The number of nitrogens with one attached hydrogen (secondary N) is 1. The van der Waals surface area contributed by atoms with Gasteiger partial charge >= 0.3 is 6.18 Å². The molecule has 0 radical (unpaired) electrons. The monoisotopic (exact) mass is 409 g/mol. The lowest BCUT2D eigenvalue weighted by Gasteiger charge is -2.36. The Bertz CT molecular complexity index is 815. The summed E-state index contributed by atoms with van der Waals surface area (Å²) in [6.45, 7) is 4.36. The standard InChI is InChI=1S/C21H23F4N3O/c22-16-6-8-17(9-7-16)28-14-12-27(13-15-28)11-3-10-26-20(29)18-4-1-2-5-19(18)21(23,24)25/h1-2,4-9H,3,10-15H2,(H,26,29). The van der Waals surface area contributed by atoms with E-state index in [2.05, 4.69) is 15.1 Å². The topological polar surface area (TPSA) is 35.6 Å². The summed E-state index contributed by atoms with van der Waals surface area (Å²) in [5, 5.41) is 2.58. The lowest BCUT2D eigenvalue weighted by atomic mass is 10.1. The van der Waals surface area contributed by atoms with Gasteiger partial charge in [0.15, 0.2) is 0 Å². The highest BCUT2D eigenvalue weighted by Gasteiger charge is 2.34. The van der Waals surface area contributed by atoms with E-state index in [1.807, 2.05) is 0 Å². The molecule has 1 N–H and O–H groups in total. The van der Waals surface area contributed by atoms with Crippen LogP contribution in [-0.4, -0.2) is 50.1 Å². The fourth-order valence-corrected chi connectivity index (χ4v) is 3.41. The minimum atomic E-state index is -4.56. The fraction of sp³-hybridized carbons (Fsp3) is 0.381. The first-order valence-corrected chi connectivity index (χ1v) is 9.52. The summed E-state index contributed by atoms with van der Waals surface area (Å²) in [5.41, 5.74) is -0.288. The van der Waals surface area contributed by atoms with Gasteiger partial charge in [0.2, 0.25) is 0 Å². The molecule has 1 saturated heterocycles. The van der Waals surface area contributed by atoms with Crippen molar-refractivity contribution in [2.24, 2.45) is 0 Å². The quantitative estimate of drug-likeness (QED) is 0.583. The van der Waals surface area contributed by atoms with E-state index in [0.717, 1.165) is 44.5 Å². The van der Waals surface area contributed by atoms with Gasteiger partial charge in [-0.05, 0) is 49.4 Å². The first-order chi connectivity index (χ1) is 13.8. The van der Waals surface area contributed by atoms with Crippen LogP contribution in [0.4, 0.5) is 23.2 Å². The number of piperazine rings is 1. The summed E-state index contributed by atoms with van der Waals surface area (Å²) in [5.74, 6) is -0.966. The van der Waals surface area contributed by atoms with Crippen LogP contribution in [0.15, 0.2) is 48.5 Å². The van der Waals surface area contributed by atoms with Gasteiger partial charge in [0.1, 0.15) is 5.82 Å². The van der Waals surface area contributed by atoms with Crippen molar-refractivity contribution >= 4 is 11.6 Å². The second-order valence-corrected chi connectivity index (χ2v) is 6.96. The van der Waals surface area contributed by atoms with Crippen LogP contribution < -0.4 is 10.2 Å². The van der Waals surface area contributed by atoms with Crippen molar-refractivity contribution in [2.45, 2.75) is 12.6 Å². The van der Waals surface area contributed by atoms with Gasteiger partial charge in [-0.3, -0.25) is 9.69 Å². The molecule has 8 heteroatoms. The predicted molar refractivity (Wildman–Crippen MR) is 103 cm³/mol. The average molecular weight is 409 g/mol. The van der Waals surface area contributed by atoms with Gasteiger partial charge in [0, 0.05) is 38.4 Å². The molecule has 3 rings (SSSR count). The Morgan fingerprint density at radius 2 is 1.62 bits per heavy atom. The number of hydrogen-bond donors (Lipinski definition) is 1. The largest absolute Gasteiger partial charge is 0.417 e. The maximum atomic E-state index is 13.0. The van der Waals surface area contributed by atoms with Crippen molar-refractivity contribution in [1.82, 2.24) is 10.2 Å². The van der Waals surface area contributed by atoms with Crippen molar-refractivity contribution < 1.29 is 22.4 Å². The summed E-state index contributed by atoms with van der Waals surface area (Å²) in [7, 11) is 0. The van der Waals surface area contributed by atoms with E-state index in [0.29, 0.717) is 13.0 Å². The Labute approximate surface area is 167 Å². The molecule has 0 aromatic heterocycles. The van der Waals surface area contributed by atoms with Crippen molar-refractivity contribution in [1.29, 1.82) is 0 Å². The Morgan fingerprint density at radius 3 is 2.28 bits per heavy atom. The molecule has 1 heterocycles. The molecule has 1 fully saturated rings. The average Bonchev–Trinajstić information content (AvgIpc) is 2.71. The Hall–Kier alpha value is -2.61. The Kier molecular flexibility index (Phi) is 6.74. The number of nitrogens with zero attached hydrogens (tertiary/aromatic N) is 2. The molecule has 0 bridgehead atoms. The van der Waals surface area contributed by atoms with E-state index in [4.69, 9.17) is 0 Å². The molecular formula is C21H23F4N3O. The summed E-state index contributed by atoms with van der Waals surface area (Å²) in [6.07, 6.45) is -3.91. The highest BCUT2D eigenvalue weighted by molar-refractivity contribution is 5.95. The molecule has 29 heavy (non-hydrogen) atoms. The normalized spacial score (nSPS) is 15.4. The van der Waals surface area contributed by atoms with Gasteiger partial charge in [0.25, 0.3) is 5.91 Å². The molecule has 4 nitrogen and oxygen atoms in total. The second kappa shape index (κ2) is 9.26.